The number of rotatable bonds is 1. The van der Waals surface area contributed by atoms with Crippen LogP contribution in [0.4, 0.5) is 14.5 Å². The zero-order chi connectivity index (χ0) is 11.0. The van der Waals surface area contributed by atoms with E-state index >= 15 is 0 Å². The fraction of sp³-hybridized carbons (Fsp3) is 0.300. The van der Waals surface area contributed by atoms with Gasteiger partial charge in [-0.2, -0.15) is 0 Å². The minimum absolute atomic E-state index is 0.167. The summed E-state index contributed by atoms with van der Waals surface area (Å²) in [6.45, 7) is 1.77. The average molecular weight is 213 g/mol. The van der Waals surface area contributed by atoms with Crippen molar-refractivity contribution in [2.45, 2.75) is 19.4 Å². The van der Waals surface area contributed by atoms with Crippen molar-refractivity contribution in [1.29, 1.82) is 0 Å². The van der Waals surface area contributed by atoms with Crippen LogP contribution in [0.1, 0.15) is 13.3 Å². The van der Waals surface area contributed by atoms with Crippen LogP contribution in [0.3, 0.4) is 0 Å². The summed E-state index contributed by atoms with van der Waals surface area (Å²) < 4.78 is 30.9. The van der Waals surface area contributed by atoms with Gasteiger partial charge in [-0.3, -0.25) is 4.79 Å². The first-order chi connectivity index (χ1) is 7.11. The first-order valence-electron chi connectivity index (χ1n) is 4.58. The maximum absolute atomic E-state index is 12.9. The third kappa shape index (κ3) is 1.65. The second-order valence-corrected chi connectivity index (χ2v) is 3.27. The Labute approximate surface area is 85.0 Å². The molecule has 1 atom stereocenters. The number of carbonyl (C=O) groups excluding carboxylic acids is 1. The van der Waals surface area contributed by atoms with Crippen molar-refractivity contribution in [3.63, 3.8) is 0 Å². The molecule has 0 bridgehead atoms. The fourth-order valence-corrected chi connectivity index (χ4v) is 1.41. The van der Waals surface area contributed by atoms with E-state index in [1.165, 1.54) is 0 Å². The van der Waals surface area contributed by atoms with E-state index in [1.54, 1.807) is 6.92 Å². The molecule has 0 aliphatic carbocycles. The summed E-state index contributed by atoms with van der Waals surface area (Å²) in [5.41, 5.74) is 0.170. The van der Waals surface area contributed by atoms with Gasteiger partial charge in [0.05, 0.1) is 5.69 Å². The Morgan fingerprint density at radius 2 is 2.07 bits per heavy atom. The summed E-state index contributed by atoms with van der Waals surface area (Å²) in [6.07, 6.45) is -0.160. The van der Waals surface area contributed by atoms with E-state index in [-0.39, 0.29) is 17.3 Å². The lowest BCUT2D eigenvalue weighted by atomic mass is 10.2. The molecule has 80 valence electrons. The fourth-order valence-electron chi connectivity index (χ4n) is 1.41. The minimum Gasteiger partial charge on any atom is -0.478 e. The van der Waals surface area contributed by atoms with Crippen LogP contribution in [0.15, 0.2) is 12.1 Å². The highest BCUT2D eigenvalue weighted by Crippen LogP contribution is 2.32. The van der Waals surface area contributed by atoms with E-state index in [0.717, 1.165) is 12.1 Å². The van der Waals surface area contributed by atoms with E-state index in [1.807, 2.05) is 0 Å². The Kier molecular flexibility index (Phi) is 2.30. The summed E-state index contributed by atoms with van der Waals surface area (Å²) in [4.78, 5) is 11.3. The predicted molar refractivity (Wildman–Crippen MR) is 49.7 cm³/mol. The molecule has 1 aromatic rings. The number of nitrogens with one attached hydrogen (secondary N) is 1. The molecule has 0 spiro atoms. The van der Waals surface area contributed by atoms with Gasteiger partial charge < -0.3 is 10.1 Å². The molecule has 0 fully saturated rings. The first kappa shape index (κ1) is 9.89. The van der Waals surface area contributed by atoms with Crippen LogP contribution in [0.25, 0.3) is 0 Å². The van der Waals surface area contributed by atoms with Crippen molar-refractivity contribution in [2.24, 2.45) is 0 Å². The summed E-state index contributed by atoms with van der Waals surface area (Å²) >= 11 is 0. The van der Waals surface area contributed by atoms with Gasteiger partial charge in [0, 0.05) is 12.1 Å². The topological polar surface area (TPSA) is 38.3 Å². The van der Waals surface area contributed by atoms with Crippen LogP contribution in [0.2, 0.25) is 0 Å². The molecule has 2 rings (SSSR count). The molecule has 1 aromatic carbocycles. The van der Waals surface area contributed by atoms with Crippen LogP contribution in [-0.4, -0.2) is 12.0 Å². The molecule has 0 saturated carbocycles. The van der Waals surface area contributed by atoms with Crippen molar-refractivity contribution in [1.82, 2.24) is 0 Å². The molecule has 1 heterocycles. The van der Waals surface area contributed by atoms with Crippen LogP contribution >= 0.6 is 0 Å². The van der Waals surface area contributed by atoms with Crippen molar-refractivity contribution in [3.05, 3.63) is 23.8 Å². The molecule has 1 aliphatic rings. The first-order valence-corrected chi connectivity index (χ1v) is 4.58. The Hall–Kier alpha value is -1.65. The van der Waals surface area contributed by atoms with Crippen LogP contribution in [0.5, 0.6) is 5.75 Å². The van der Waals surface area contributed by atoms with Gasteiger partial charge in [-0.25, -0.2) is 8.78 Å². The minimum atomic E-state index is -1.01. The lowest BCUT2D eigenvalue weighted by Crippen LogP contribution is -2.36. The molecule has 0 aromatic heterocycles. The predicted octanol–water partition coefficient (Wildman–Crippen LogP) is 2.07. The van der Waals surface area contributed by atoms with Crippen LogP contribution in [-0.2, 0) is 4.79 Å². The zero-order valence-corrected chi connectivity index (χ0v) is 8.01. The van der Waals surface area contributed by atoms with E-state index in [0.29, 0.717) is 6.42 Å². The Morgan fingerprint density at radius 1 is 1.40 bits per heavy atom. The SMILES string of the molecule is CCC1Oc2cc(F)c(F)cc2NC1=O. The van der Waals surface area contributed by atoms with Gasteiger partial charge in [-0.05, 0) is 6.42 Å². The second kappa shape index (κ2) is 3.49. The normalized spacial score (nSPS) is 19.1. The highest BCUT2D eigenvalue weighted by Gasteiger charge is 2.27. The lowest BCUT2D eigenvalue weighted by molar-refractivity contribution is -0.123. The molecule has 0 radical (unpaired) electrons. The quantitative estimate of drug-likeness (QED) is 0.775. The molecule has 0 saturated heterocycles. The Morgan fingerprint density at radius 3 is 2.73 bits per heavy atom. The van der Waals surface area contributed by atoms with Gasteiger partial charge in [-0.1, -0.05) is 6.92 Å². The van der Waals surface area contributed by atoms with Gasteiger partial charge in [0.1, 0.15) is 5.75 Å². The van der Waals surface area contributed by atoms with E-state index < -0.39 is 17.7 Å². The Balaban J connectivity index is 2.41. The number of carbonyl (C=O) groups is 1. The summed E-state index contributed by atoms with van der Waals surface area (Å²) in [5, 5.41) is 2.46. The zero-order valence-electron chi connectivity index (χ0n) is 8.01. The van der Waals surface area contributed by atoms with Crippen molar-refractivity contribution in [3.8, 4) is 5.75 Å². The van der Waals surface area contributed by atoms with Crippen molar-refractivity contribution < 1.29 is 18.3 Å². The van der Waals surface area contributed by atoms with Gasteiger partial charge in [0.15, 0.2) is 17.7 Å². The second-order valence-electron chi connectivity index (χ2n) is 3.27. The number of hydrogen-bond acceptors (Lipinski definition) is 2. The Bertz CT molecular complexity index is 420. The number of ether oxygens (including phenoxy) is 1. The molecule has 1 N–H and O–H groups in total. The molecule has 5 heteroatoms. The molecule has 1 unspecified atom stereocenters. The molecule has 1 amide bonds. The summed E-state index contributed by atoms with van der Waals surface area (Å²) in [7, 11) is 0. The third-order valence-corrected chi connectivity index (χ3v) is 2.21. The lowest BCUT2D eigenvalue weighted by Gasteiger charge is -2.24. The van der Waals surface area contributed by atoms with E-state index in [4.69, 9.17) is 4.74 Å². The van der Waals surface area contributed by atoms with Crippen molar-refractivity contribution in [2.75, 3.05) is 5.32 Å². The monoisotopic (exact) mass is 213 g/mol. The number of amides is 1. The van der Waals surface area contributed by atoms with Gasteiger partial charge in [0.25, 0.3) is 5.91 Å². The van der Waals surface area contributed by atoms with Gasteiger partial charge in [0.2, 0.25) is 0 Å². The van der Waals surface area contributed by atoms with E-state index in [2.05, 4.69) is 5.32 Å². The average Bonchev–Trinajstić information content (AvgIpc) is 2.20. The molecule has 3 nitrogen and oxygen atoms in total. The largest absolute Gasteiger partial charge is 0.478 e. The van der Waals surface area contributed by atoms with Crippen LogP contribution in [0, 0.1) is 11.6 Å². The standard InChI is InChI=1S/C10H9F2NO2/c1-2-8-10(14)13-7-3-5(11)6(12)4-9(7)15-8/h3-4,8H,2H2,1H3,(H,13,14). The molecular weight excluding hydrogens is 204 g/mol. The van der Waals surface area contributed by atoms with E-state index in [9.17, 15) is 13.6 Å². The summed E-state index contributed by atoms with van der Waals surface area (Å²) in [5.74, 6) is -2.16. The number of hydrogen-bond donors (Lipinski definition) is 1. The molecule has 15 heavy (non-hydrogen) atoms. The highest BCUT2D eigenvalue weighted by atomic mass is 19.2. The molecule has 1 aliphatic heterocycles. The smallest absolute Gasteiger partial charge is 0.265 e. The van der Waals surface area contributed by atoms with Gasteiger partial charge in [-0.15, -0.1) is 0 Å². The molecular formula is C10H9F2NO2. The maximum atomic E-state index is 12.9. The number of benzene rings is 1. The number of halogens is 2. The highest BCUT2D eigenvalue weighted by molar-refractivity contribution is 5.97. The van der Waals surface area contributed by atoms with Crippen LogP contribution < -0.4 is 10.1 Å². The number of fused-ring (bicyclic) bond motifs is 1. The number of anilines is 1. The maximum Gasteiger partial charge on any atom is 0.265 e. The van der Waals surface area contributed by atoms with Crippen molar-refractivity contribution >= 4 is 11.6 Å². The summed E-state index contributed by atoms with van der Waals surface area (Å²) in [6, 6.07) is 1.85. The van der Waals surface area contributed by atoms with Gasteiger partial charge >= 0.3 is 0 Å². The third-order valence-electron chi connectivity index (χ3n) is 2.21.